The molecule has 0 aromatic heterocycles. The van der Waals surface area contributed by atoms with E-state index in [1.165, 1.54) is 0 Å². The van der Waals surface area contributed by atoms with E-state index in [2.05, 4.69) is 12.1 Å². The smallest absolute Gasteiger partial charge is 0.185 e. The lowest BCUT2D eigenvalue weighted by Crippen LogP contribution is -2.44. The lowest BCUT2D eigenvalue weighted by atomic mass is 9.69. The van der Waals surface area contributed by atoms with Crippen LogP contribution in [-0.4, -0.2) is 17.9 Å². The van der Waals surface area contributed by atoms with Crippen molar-refractivity contribution in [1.82, 2.24) is 0 Å². The molecule has 0 bridgehead atoms. The number of Topliss-reactive ketones (excluding diaryl/α,β-unsaturated/α-hetero) is 1. The van der Waals surface area contributed by atoms with Gasteiger partial charge in [0.2, 0.25) is 0 Å². The second-order valence-electron chi connectivity index (χ2n) is 8.43. The van der Waals surface area contributed by atoms with Crippen LogP contribution >= 0.6 is 0 Å². The molecule has 1 fully saturated rings. The van der Waals surface area contributed by atoms with E-state index in [4.69, 9.17) is 0 Å². The third kappa shape index (κ3) is 2.77. The Bertz CT molecular complexity index is 1300. The lowest BCUT2D eigenvalue weighted by Gasteiger charge is -2.35. The van der Waals surface area contributed by atoms with Crippen molar-refractivity contribution in [3.8, 4) is 12.1 Å². The van der Waals surface area contributed by atoms with Crippen LogP contribution in [0.4, 0.5) is 5.69 Å². The highest BCUT2D eigenvalue weighted by Gasteiger charge is 2.63. The SMILES string of the molecule is Cc1cccc([C@@H]2[C@H](C(=O)c3ccccc3)N3c4ccccc4C=C[C@H]3C2(C#N)C#N)c1. The Kier molecular flexibility index (Phi) is 4.65. The first-order chi connectivity index (χ1) is 15.6. The topological polar surface area (TPSA) is 67.9 Å². The quantitative estimate of drug-likeness (QED) is 0.546. The summed E-state index contributed by atoms with van der Waals surface area (Å²) in [6.07, 6.45) is 3.87. The summed E-state index contributed by atoms with van der Waals surface area (Å²) in [7, 11) is 0. The predicted molar refractivity (Wildman–Crippen MR) is 124 cm³/mol. The molecule has 4 nitrogen and oxygen atoms in total. The Labute approximate surface area is 187 Å². The van der Waals surface area contributed by atoms with Crippen LogP contribution in [0.25, 0.3) is 6.08 Å². The second kappa shape index (κ2) is 7.52. The number of nitrogens with zero attached hydrogens (tertiary/aromatic N) is 3. The second-order valence-corrected chi connectivity index (χ2v) is 8.43. The molecule has 4 heteroatoms. The minimum absolute atomic E-state index is 0.0837. The largest absolute Gasteiger partial charge is 0.351 e. The van der Waals surface area contributed by atoms with Crippen molar-refractivity contribution in [2.45, 2.75) is 24.9 Å². The molecule has 2 aliphatic heterocycles. The Morgan fingerprint density at radius 3 is 2.38 bits per heavy atom. The molecule has 1 saturated heterocycles. The molecule has 32 heavy (non-hydrogen) atoms. The summed E-state index contributed by atoms with van der Waals surface area (Å²) in [6.45, 7) is 1.98. The summed E-state index contributed by atoms with van der Waals surface area (Å²) < 4.78 is 0. The van der Waals surface area contributed by atoms with Crippen LogP contribution in [0.15, 0.2) is 84.9 Å². The summed E-state index contributed by atoms with van der Waals surface area (Å²) in [6, 6.07) is 28.3. The van der Waals surface area contributed by atoms with Gasteiger partial charge in [-0.25, -0.2) is 0 Å². The van der Waals surface area contributed by atoms with E-state index in [1.807, 2.05) is 90.7 Å². The zero-order valence-electron chi connectivity index (χ0n) is 17.6. The summed E-state index contributed by atoms with van der Waals surface area (Å²) in [4.78, 5) is 16.0. The Morgan fingerprint density at radius 1 is 0.938 bits per heavy atom. The molecule has 0 N–H and O–H groups in total. The van der Waals surface area contributed by atoms with E-state index in [0.29, 0.717) is 5.56 Å². The summed E-state index contributed by atoms with van der Waals surface area (Å²) in [5.74, 6) is -0.689. The van der Waals surface area contributed by atoms with E-state index < -0.39 is 23.4 Å². The first-order valence-corrected chi connectivity index (χ1v) is 10.6. The lowest BCUT2D eigenvalue weighted by molar-refractivity contribution is 0.0951. The Hall–Kier alpha value is -4.15. The van der Waals surface area contributed by atoms with Crippen molar-refractivity contribution in [2.24, 2.45) is 5.41 Å². The number of carbonyl (C=O) groups is 1. The fourth-order valence-electron chi connectivity index (χ4n) is 5.24. The Balaban J connectivity index is 1.80. The van der Waals surface area contributed by atoms with Gasteiger partial charge in [-0.1, -0.05) is 90.5 Å². The Morgan fingerprint density at radius 2 is 1.66 bits per heavy atom. The predicted octanol–water partition coefficient (Wildman–Crippen LogP) is 5.28. The number of nitriles is 2. The molecular weight excluding hydrogens is 394 g/mol. The maximum Gasteiger partial charge on any atom is 0.185 e. The van der Waals surface area contributed by atoms with Crippen LogP contribution in [-0.2, 0) is 0 Å². The molecule has 3 atom stereocenters. The fraction of sp³-hybridized carbons (Fsp3) is 0.179. The monoisotopic (exact) mass is 415 g/mol. The van der Waals surface area contributed by atoms with Crippen molar-refractivity contribution in [2.75, 3.05) is 4.90 Å². The van der Waals surface area contributed by atoms with Gasteiger partial charge in [-0.3, -0.25) is 4.79 Å². The van der Waals surface area contributed by atoms with E-state index in [-0.39, 0.29) is 5.78 Å². The van der Waals surface area contributed by atoms with Gasteiger partial charge in [0, 0.05) is 17.2 Å². The number of hydrogen-bond acceptors (Lipinski definition) is 4. The third-order valence-electron chi connectivity index (χ3n) is 6.64. The zero-order chi connectivity index (χ0) is 22.3. The van der Waals surface area contributed by atoms with Crippen molar-refractivity contribution in [3.63, 3.8) is 0 Å². The number of rotatable bonds is 3. The van der Waals surface area contributed by atoms with E-state index in [0.717, 1.165) is 22.4 Å². The maximum absolute atomic E-state index is 14.0. The van der Waals surface area contributed by atoms with Crippen molar-refractivity contribution in [1.29, 1.82) is 10.5 Å². The molecule has 2 heterocycles. The van der Waals surface area contributed by atoms with Crippen LogP contribution in [0.1, 0.15) is 33.0 Å². The van der Waals surface area contributed by atoms with E-state index >= 15 is 0 Å². The molecular formula is C28H21N3O. The molecule has 2 aliphatic rings. The number of hydrogen-bond donors (Lipinski definition) is 0. The van der Waals surface area contributed by atoms with Gasteiger partial charge in [0.05, 0.1) is 18.2 Å². The van der Waals surface area contributed by atoms with Crippen molar-refractivity contribution >= 4 is 17.5 Å². The van der Waals surface area contributed by atoms with Gasteiger partial charge in [0.15, 0.2) is 11.2 Å². The van der Waals surface area contributed by atoms with Crippen LogP contribution in [0.3, 0.4) is 0 Å². The first kappa shape index (κ1) is 19.8. The summed E-state index contributed by atoms with van der Waals surface area (Å²) in [5.41, 5.74) is 2.88. The highest BCUT2D eigenvalue weighted by atomic mass is 16.1. The molecule has 0 amide bonds. The molecule has 3 aromatic rings. The number of benzene rings is 3. The van der Waals surface area contributed by atoms with E-state index in [1.54, 1.807) is 12.1 Å². The van der Waals surface area contributed by atoms with Gasteiger partial charge < -0.3 is 4.90 Å². The number of anilines is 1. The van der Waals surface area contributed by atoms with Gasteiger partial charge >= 0.3 is 0 Å². The van der Waals surface area contributed by atoms with Crippen molar-refractivity contribution < 1.29 is 4.79 Å². The van der Waals surface area contributed by atoms with Crippen LogP contribution in [0, 0.1) is 35.0 Å². The normalized spacial score (nSPS) is 22.3. The number of aryl methyl sites for hydroxylation is 1. The third-order valence-corrected chi connectivity index (χ3v) is 6.64. The summed E-state index contributed by atoms with van der Waals surface area (Å²) >= 11 is 0. The van der Waals surface area contributed by atoms with Crippen LogP contribution < -0.4 is 4.90 Å². The van der Waals surface area contributed by atoms with Crippen LogP contribution in [0.2, 0.25) is 0 Å². The molecule has 5 rings (SSSR count). The summed E-state index contributed by atoms with van der Waals surface area (Å²) in [5, 5.41) is 20.9. The first-order valence-electron chi connectivity index (χ1n) is 10.6. The molecule has 3 aromatic carbocycles. The fourth-order valence-corrected chi connectivity index (χ4v) is 5.24. The van der Waals surface area contributed by atoms with Gasteiger partial charge in [-0.05, 0) is 24.1 Å². The van der Waals surface area contributed by atoms with Crippen molar-refractivity contribution in [3.05, 3.63) is 107 Å². The molecule has 154 valence electrons. The van der Waals surface area contributed by atoms with E-state index in [9.17, 15) is 15.3 Å². The maximum atomic E-state index is 14.0. The highest BCUT2D eigenvalue weighted by molar-refractivity contribution is 6.04. The minimum atomic E-state index is -1.41. The van der Waals surface area contributed by atoms with Gasteiger partial charge in [-0.2, -0.15) is 10.5 Å². The number of fused-ring (bicyclic) bond motifs is 3. The minimum Gasteiger partial charge on any atom is -0.351 e. The van der Waals surface area contributed by atoms with Crippen LogP contribution in [0.5, 0.6) is 0 Å². The average Bonchev–Trinajstić information content (AvgIpc) is 3.15. The molecule has 0 spiro atoms. The van der Waals surface area contributed by atoms with Gasteiger partial charge in [-0.15, -0.1) is 0 Å². The number of carbonyl (C=O) groups excluding carboxylic acids is 1. The number of ketones is 1. The molecule has 0 unspecified atom stereocenters. The average molecular weight is 415 g/mol. The molecule has 0 aliphatic carbocycles. The molecule has 0 saturated carbocycles. The van der Waals surface area contributed by atoms with Gasteiger partial charge in [0.1, 0.15) is 6.04 Å². The van der Waals surface area contributed by atoms with Gasteiger partial charge in [0.25, 0.3) is 0 Å². The number of para-hydroxylation sites is 1. The zero-order valence-corrected chi connectivity index (χ0v) is 17.6. The standard InChI is InChI=1S/C28H21N3O/c1-19-8-7-12-22(16-19)25-26(27(32)21-10-3-2-4-11-21)31-23-13-6-5-9-20(23)14-15-24(31)28(25,17-29)18-30/h2-16,24-26H,1H3/t24-,25+,26+/m0/s1. The molecule has 0 radical (unpaired) electrons. The highest BCUT2D eigenvalue weighted by Crippen LogP contribution is 2.55.